The maximum Gasteiger partial charge on any atom is 0.195 e. The number of thiol groups is 1. The molecule has 0 aliphatic carbocycles. The minimum atomic E-state index is -1.71. The fourth-order valence-corrected chi connectivity index (χ4v) is 0.719. The predicted molar refractivity (Wildman–Crippen MR) is 46.0 cm³/mol. The summed E-state index contributed by atoms with van der Waals surface area (Å²) in [6, 6.07) is 0.237. The zero-order chi connectivity index (χ0) is 8.59. The third kappa shape index (κ3) is 5.14. The molecule has 0 aliphatic heterocycles. The van der Waals surface area contributed by atoms with E-state index in [-0.39, 0.29) is 29.6 Å². The molecule has 1 aromatic rings. The highest BCUT2D eigenvalue weighted by atomic mass is 32.1. The molecule has 0 N–H and O–H groups in total. The van der Waals surface area contributed by atoms with E-state index in [0.29, 0.717) is 0 Å². The zero-order valence-corrected chi connectivity index (χ0v) is 7.97. The summed E-state index contributed by atoms with van der Waals surface area (Å²) in [5.74, 6) is -6.09. The molecular formula is C6H7F9S. The Morgan fingerprint density at radius 1 is 0.688 bits per heavy atom. The first-order chi connectivity index (χ1) is 5.04. The van der Waals surface area contributed by atoms with Crippen molar-refractivity contribution in [1.82, 2.24) is 0 Å². The van der Waals surface area contributed by atoms with Crippen LogP contribution in [0.5, 0.6) is 0 Å². The van der Waals surface area contributed by atoms with Gasteiger partial charge in [0.2, 0.25) is 0 Å². The lowest BCUT2D eigenvalue weighted by molar-refractivity contribution is 0.416. The molecule has 0 unspecified atom stereocenters. The van der Waals surface area contributed by atoms with Crippen molar-refractivity contribution in [2.45, 2.75) is 4.90 Å². The molecule has 0 fully saturated rings. The Morgan fingerprint density at radius 2 is 1.06 bits per heavy atom. The maximum atomic E-state index is 12.3. The number of halogens is 9. The van der Waals surface area contributed by atoms with Crippen LogP contribution in [0.1, 0.15) is 0 Å². The van der Waals surface area contributed by atoms with Gasteiger partial charge in [0.15, 0.2) is 17.5 Å². The molecule has 0 radical (unpaired) electrons. The molecular weight excluding hydrogens is 275 g/mol. The molecule has 0 spiro atoms. The molecule has 0 amide bonds. The van der Waals surface area contributed by atoms with Gasteiger partial charge in [0.25, 0.3) is 0 Å². The van der Waals surface area contributed by atoms with Crippen molar-refractivity contribution in [2.75, 3.05) is 0 Å². The summed E-state index contributed by atoms with van der Waals surface area (Å²) in [4.78, 5) is -0.816. The summed E-state index contributed by atoms with van der Waals surface area (Å²) in [5, 5.41) is 0. The Balaban J connectivity index is -0.0000000807. The third-order valence-electron chi connectivity index (χ3n) is 1.09. The van der Waals surface area contributed by atoms with Gasteiger partial charge in [-0.05, 0) is 0 Å². The second-order valence-corrected chi connectivity index (χ2v) is 2.26. The van der Waals surface area contributed by atoms with Gasteiger partial charge in [0.1, 0.15) is 5.82 Å². The monoisotopic (exact) mass is 282 g/mol. The Kier molecular flexibility index (Phi) is 19.2. The fourth-order valence-electron chi connectivity index (χ4n) is 0.557. The molecule has 0 saturated carbocycles. The van der Waals surface area contributed by atoms with Crippen molar-refractivity contribution in [3.05, 3.63) is 29.3 Å². The first-order valence-electron chi connectivity index (χ1n) is 2.56. The highest BCUT2D eigenvalue weighted by Gasteiger charge is 2.15. The van der Waals surface area contributed by atoms with Crippen LogP contribution in [0.2, 0.25) is 0 Å². The van der Waals surface area contributed by atoms with Crippen molar-refractivity contribution in [3.63, 3.8) is 0 Å². The van der Waals surface area contributed by atoms with Crippen LogP contribution in [0.3, 0.4) is 0 Å². The van der Waals surface area contributed by atoms with Crippen LogP contribution in [0, 0.1) is 23.3 Å². The van der Waals surface area contributed by atoms with Crippen LogP contribution in [0.4, 0.5) is 41.1 Å². The van der Waals surface area contributed by atoms with E-state index in [4.69, 9.17) is 0 Å². The molecule has 100 valence electrons. The summed E-state index contributed by atoms with van der Waals surface area (Å²) in [7, 11) is 0. The van der Waals surface area contributed by atoms with Crippen molar-refractivity contribution in [2.24, 2.45) is 0 Å². The maximum absolute atomic E-state index is 12.3. The molecule has 1 aromatic carbocycles. The Hall–Kier alpha value is -1.06. The second kappa shape index (κ2) is 10.5. The summed E-state index contributed by atoms with van der Waals surface area (Å²) in [6.07, 6.45) is 0. The molecule has 0 aliphatic rings. The van der Waals surface area contributed by atoms with E-state index in [2.05, 4.69) is 12.6 Å². The van der Waals surface area contributed by atoms with Gasteiger partial charge in [-0.2, -0.15) is 0 Å². The zero-order valence-electron chi connectivity index (χ0n) is 7.08. The van der Waals surface area contributed by atoms with Crippen molar-refractivity contribution >= 4 is 12.6 Å². The quantitative estimate of drug-likeness (QED) is 0.321. The lowest BCUT2D eigenvalue weighted by Gasteiger charge is -1.98. The van der Waals surface area contributed by atoms with E-state index in [0.717, 1.165) is 0 Å². The average Bonchev–Trinajstić information content (AvgIpc) is 1.97. The van der Waals surface area contributed by atoms with Gasteiger partial charge in [-0.15, -0.1) is 12.6 Å². The second-order valence-electron chi connectivity index (χ2n) is 1.82. The third-order valence-corrected chi connectivity index (χ3v) is 1.50. The van der Waals surface area contributed by atoms with Gasteiger partial charge in [0, 0.05) is 6.07 Å². The van der Waals surface area contributed by atoms with Gasteiger partial charge in [-0.25, -0.2) is 17.6 Å². The van der Waals surface area contributed by atoms with Gasteiger partial charge in [-0.3, -0.25) is 23.5 Å². The van der Waals surface area contributed by atoms with Gasteiger partial charge < -0.3 is 0 Å². The highest BCUT2D eigenvalue weighted by Crippen LogP contribution is 2.21. The van der Waals surface area contributed by atoms with Crippen LogP contribution >= 0.6 is 12.6 Å². The number of rotatable bonds is 0. The van der Waals surface area contributed by atoms with Gasteiger partial charge in [-0.1, -0.05) is 0 Å². The van der Waals surface area contributed by atoms with E-state index >= 15 is 0 Å². The molecule has 16 heavy (non-hydrogen) atoms. The smallest absolute Gasteiger partial charge is 0.195 e. The molecule has 0 aromatic heterocycles. The molecule has 0 nitrogen and oxygen atoms in total. The van der Waals surface area contributed by atoms with E-state index in [1.165, 1.54) is 0 Å². The first-order valence-corrected chi connectivity index (χ1v) is 3.00. The topological polar surface area (TPSA) is 0 Å². The Morgan fingerprint density at radius 3 is 1.44 bits per heavy atom. The van der Waals surface area contributed by atoms with Crippen LogP contribution in [0.25, 0.3) is 0 Å². The molecule has 10 heteroatoms. The van der Waals surface area contributed by atoms with Crippen LogP contribution < -0.4 is 0 Å². The van der Waals surface area contributed by atoms with Crippen LogP contribution in [-0.2, 0) is 0 Å². The van der Waals surface area contributed by atoms with Crippen molar-refractivity contribution in [3.8, 4) is 0 Å². The SMILES string of the molecule is F.F.F.F.F.Fc1cc(F)c(S)c(F)c1F. The first kappa shape index (κ1) is 29.4. The van der Waals surface area contributed by atoms with E-state index in [9.17, 15) is 17.6 Å². The Labute approximate surface area is 88.9 Å². The average molecular weight is 282 g/mol. The fraction of sp³-hybridized carbons (Fsp3) is 0. The molecule has 1 rings (SSSR count). The summed E-state index contributed by atoms with van der Waals surface area (Å²) in [5.41, 5.74) is 0. The molecule has 0 atom stereocenters. The summed E-state index contributed by atoms with van der Waals surface area (Å²) in [6.45, 7) is 0. The molecule has 0 saturated heterocycles. The molecule has 0 heterocycles. The van der Waals surface area contributed by atoms with Crippen molar-refractivity contribution < 1.29 is 41.1 Å². The standard InChI is InChI=1S/C6H2F4S.5FH/c7-2-1-3(8)6(11)5(10)4(2)9;;;;;/h1,11H;5*1H. The van der Waals surface area contributed by atoms with Gasteiger partial charge in [0.05, 0.1) is 4.90 Å². The van der Waals surface area contributed by atoms with Crippen LogP contribution in [-0.4, -0.2) is 0 Å². The van der Waals surface area contributed by atoms with Crippen molar-refractivity contribution in [1.29, 1.82) is 0 Å². The normalized spacial score (nSPS) is 7.06. The van der Waals surface area contributed by atoms with Gasteiger partial charge >= 0.3 is 0 Å². The minimum absolute atomic E-state index is 0. The molecule has 0 bridgehead atoms. The predicted octanol–water partition coefficient (Wildman–Crippen LogP) is 3.29. The largest absolute Gasteiger partial charge is 0.269 e. The van der Waals surface area contributed by atoms with E-state index in [1.807, 2.05) is 0 Å². The highest BCUT2D eigenvalue weighted by molar-refractivity contribution is 7.80. The Bertz CT molecular complexity index is 276. The minimum Gasteiger partial charge on any atom is -0.269 e. The number of hydrogen-bond acceptors (Lipinski definition) is 1. The van der Waals surface area contributed by atoms with E-state index < -0.39 is 28.2 Å². The number of hydrogen-bond donors (Lipinski definition) is 1. The summed E-state index contributed by atoms with van der Waals surface area (Å²) < 4.78 is 49.0. The lowest BCUT2D eigenvalue weighted by atomic mass is 10.3. The van der Waals surface area contributed by atoms with Crippen LogP contribution in [0.15, 0.2) is 11.0 Å². The lowest BCUT2D eigenvalue weighted by Crippen LogP contribution is -1.94. The number of benzene rings is 1. The summed E-state index contributed by atoms with van der Waals surface area (Å²) >= 11 is 3.27. The van der Waals surface area contributed by atoms with E-state index in [1.54, 1.807) is 0 Å².